The van der Waals surface area contributed by atoms with Gasteiger partial charge in [0.05, 0.1) is 27.5 Å². The average Bonchev–Trinajstić information content (AvgIpc) is 3.51. The molecule has 0 saturated heterocycles. The number of rotatable bonds is 12. The molecule has 13 aromatic rings. The van der Waals surface area contributed by atoms with E-state index in [0.29, 0.717) is 58.7 Å². The first kappa shape index (κ1) is 46.0. The predicted octanol–water partition coefficient (Wildman–Crippen LogP) is 16.0. The van der Waals surface area contributed by atoms with Crippen molar-refractivity contribution in [3.63, 3.8) is 0 Å². The zero-order valence-electron chi connectivity index (χ0n) is 41.3. The predicted molar refractivity (Wildman–Crippen MR) is 307 cm³/mol. The Kier molecular flexibility index (Phi) is 12.0. The van der Waals surface area contributed by atoms with E-state index in [4.69, 9.17) is 23.8 Å². The molecule has 0 aliphatic carbocycles. The van der Waals surface area contributed by atoms with Gasteiger partial charge < -0.3 is 8.83 Å². The molecule has 0 aliphatic heterocycles. The van der Waals surface area contributed by atoms with E-state index in [0.717, 1.165) is 88.8 Å². The fourth-order valence-corrected chi connectivity index (χ4v) is 10.6. The van der Waals surface area contributed by atoms with Crippen molar-refractivity contribution >= 4 is 43.7 Å². The van der Waals surface area contributed by atoms with Crippen molar-refractivity contribution in [2.45, 2.75) is 25.7 Å². The van der Waals surface area contributed by atoms with Gasteiger partial charge in [-0.2, -0.15) is 0 Å². The first-order valence-electron chi connectivity index (χ1n) is 25.6. The first-order chi connectivity index (χ1) is 37.5. The summed E-state index contributed by atoms with van der Waals surface area (Å²) in [6.45, 7) is 0. The normalized spacial score (nSPS) is 11.5. The van der Waals surface area contributed by atoms with Gasteiger partial charge in [-0.25, -0.2) is 9.59 Å². The maximum absolute atomic E-state index is 13.2. The van der Waals surface area contributed by atoms with Crippen molar-refractivity contribution in [2.75, 3.05) is 0 Å². The second kappa shape index (κ2) is 19.9. The van der Waals surface area contributed by atoms with Gasteiger partial charge >= 0.3 is 11.3 Å². The Morgan fingerprint density at radius 2 is 0.724 bits per heavy atom. The van der Waals surface area contributed by atoms with Gasteiger partial charge in [-0.15, -0.1) is 0 Å². The third-order valence-corrected chi connectivity index (χ3v) is 14.5. The number of aryl methyl sites for hydroxylation is 4. The highest BCUT2D eigenvalue weighted by molar-refractivity contribution is 6.02. The van der Waals surface area contributed by atoms with Crippen LogP contribution in [0.25, 0.3) is 111 Å². The Morgan fingerprint density at radius 1 is 0.289 bits per heavy atom. The van der Waals surface area contributed by atoms with E-state index in [1.807, 2.05) is 91.4 Å². The summed E-state index contributed by atoms with van der Waals surface area (Å²) in [5.74, 6) is 0. The van der Waals surface area contributed by atoms with Crippen molar-refractivity contribution in [3.05, 3.63) is 280 Å². The number of para-hydroxylation sites is 2. The number of benzene rings is 8. The molecule has 362 valence electrons. The van der Waals surface area contributed by atoms with Crippen molar-refractivity contribution in [1.29, 1.82) is 0 Å². The molecular weight excluding hydrogens is 935 g/mol. The summed E-state index contributed by atoms with van der Waals surface area (Å²) in [7, 11) is 0. The molecule has 5 aromatic heterocycles. The van der Waals surface area contributed by atoms with E-state index in [1.165, 1.54) is 11.1 Å². The van der Waals surface area contributed by atoms with Gasteiger partial charge in [-0.1, -0.05) is 176 Å². The van der Waals surface area contributed by atoms with Crippen LogP contribution in [0.1, 0.15) is 22.3 Å². The summed E-state index contributed by atoms with van der Waals surface area (Å²) in [4.78, 5) is 41.2. The van der Waals surface area contributed by atoms with E-state index < -0.39 is 11.3 Å². The van der Waals surface area contributed by atoms with Crippen LogP contribution in [0.2, 0.25) is 0 Å². The summed E-state index contributed by atoms with van der Waals surface area (Å²) in [5.41, 5.74) is 18.7. The fraction of sp³-hybridized carbons (Fsp3) is 0.0580. The van der Waals surface area contributed by atoms with E-state index in [9.17, 15) is 9.59 Å². The zero-order chi connectivity index (χ0) is 51.0. The topological polar surface area (TPSA) is 99.1 Å². The SMILES string of the molecule is O=c1oc2ccccc2c2ncc(CCc3cc(CCc4cnc5c(c4)c(=O)oc4ccccc45)cc(-c4ccccc4-c4cnc(-c5ccccc5)cc4-c4ccc(-c5ccc(-c6ccccc6)cc5)cc4)c3)cc12. The molecule has 0 amide bonds. The summed E-state index contributed by atoms with van der Waals surface area (Å²) in [5, 5.41) is 2.57. The number of aromatic nitrogens is 3. The van der Waals surface area contributed by atoms with Crippen molar-refractivity contribution in [1.82, 2.24) is 15.0 Å². The Balaban J connectivity index is 0.880. The van der Waals surface area contributed by atoms with Crippen LogP contribution in [0.3, 0.4) is 0 Å². The Bertz CT molecular complexity index is 4280. The molecule has 0 radical (unpaired) electrons. The molecular formula is C69H47N3O4. The van der Waals surface area contributed by atoms with Crippen LogP contribution in [-0.2, 0) is 25.7 Å². The molecule has 7 heteroatoms. The number of hydrogen-bond acceptors (Lipinski definition) is 7. The smallest absolute Gasteiger partial charge is 0.345 e. The molecule has 0 spiro atoms. The minimum absolute atomic E-state index is 0.395. The highest BCUT2D eigenvalue weighted by Crippen LogP contribution is 2.41. The molecule has 0 saturated carbocycles. The molecule has 0 aliphatic rings. The van der Waals surface area contributed by atoms with Crippen LogP contribution >= 0.6 is 0 Å². The molecule has 0 N–H and O–H groups in total. The molecule has 13 rings (SSSR count). The van der Waals surface area contributed by atoms with Gasteiger partial charge in [0, 0.05) is 40.5 Å². The Labute approximate surface area is 438 Å². The van der Waals surface area contributed by atoms with Gasteiger partial charge in [0.2, 0.25) is 0 Å². The quantitative estimate of drug-likeness (QED) is 0.0888. The summed E-state index contributed by atoms with van der Waals surface area (Å²) in [6, 6.07) is 74.9. The van der Waals surface area contributed by atoms with Crippen molar-refractivity contribution in [2.24, 2.45) is 0 Å². The lowest BCUT2D eigenvalue weighted by Crippen LogP contribution is -2.04. The highest BCUT2D eigenvalue weighted by atomic mass is 16.4. The van der Waals surface area contributed by atoms with Crippen LogP contribution in [0.4, 0.5) is 0 Å². The number of nitrogens with zero attached hydrogens (tertiary/aromatic N) is 3. The summed E-state index contributed by atoms with van der Waals surface area (Å²) < 4.78 is 11.4. The molecule has 7 nitrogen and oxygen atoms in total. The third kappa shape index (κ3) is 9.05. The van der Waals surface area contributed by atoms with Crippen LogP contribution in [0.15, 0.2) is 255 Å². The average molecular weight is 982 g/mol. The monoisotopic (exact) mass is 981 g/mol. The minimum Gasteiger partial charge on any atom is -0.422 e. The van der Waals surface area contributed by atoms with Gasteiger partial charge in [-0.3, -0.25) is 15.0 Å². The van der Waals surface area contributed by atoms with Crippen LogP contribution in [-0.4, -0.2) is 15.0 Å². The second-order valence-corrected chi connectivity index (χ2v) is 19.3. The largest absolute Gasteiger partial charge is 0.422 e. The molecule has 0 atom stereocenters. The Morgan fingerprint density at radius 3 is 1.26 bits per heavy atom. The van der Waals surface area contributed by atoms with Crippen molar-refractivity contribution in [3.8, 4) is 66.9 Å². The maximum atomic E-state index is 13.2. The minimum atomic E-state index is -0.395. The van der Waals surface area contributed by atoms with Gasteiger partial charge in [0.25, 0.3) is 0 Å². The number of pyridine rings is 3. The standard InChI is InChI=1S/C69H47N3O4/c73-68-60-38-46(41-71-66(60)57-19-9-11-21-64(57)75-68)25-23-44-35-45(24-26-47-39-61-67(72-42-47)58-20-10-12-22-65(58)76-69(61)74)37-54(36-44)55-17-7-8-18-56(55)62-43-70-63(53-15-5-2-6-16-53)40-59(62)52-33-31-51(32-34-52)50-29-27-49(28-30-50)48-13-3-1-4-14-48/h1-22,27-43H,23-26H2. The van der Waals surface area contributed by atoms with Gasteiger partial charge in [0.1, 0.15) is 11.2 Å². The van der Waals surface area contributed by atoms with Crippen molar-refractivity contribution < 1.29 is 8.83 Å². The second-order valence-electron chi connectivity index (χ2n) is 19.3. The van der Waals surface area contributed by atoms with Gasteiger partial charge in [-0.05, 0) is 140 Å². The third-order valence-electron chi connectivity index (χ3n) is 14.5. The van der Waals surface area contributed by atoms with E-state index in [-0.39, 0.29) is 0 Å². The van der Waals surface area contributed by atoms with Crippen LogP contribution in [0.5, 0.6) is 0 Å². The van der Waals surface area contributed by atoms with E-state index in [1.54, 1.807) is 12.1 Å². The van der Waals surface area contributed by atoms with Gasteiger partial charge in [0.15, 0.2) is 0 Å². The molecule has 76 heavy (non-hydrogen) atoms. The molecule has 8 aromatic carbocycles. The lowest BCUT2D eigenvalue weighted by atomic mass is 9.87. The zero-order valence-corrected chi connectivity index (χ0v) is 41.3. The first-order valence-corrected chi connectivity index (χ1v) is 25.6. The van der Waals surface area contributed by atoms with Crippen LogP contribution in [0, 0.1) is 0 Å². The fourth-order valence-electron chi connectivity index (χ4n) is 10.6. The highest BCUT2D eigenvalue weighted by Gasteiger charge is 2.18. The maximum Gasteiger partial charge on any atom is 0.345 e. The van der Waals surface area contributed by atoms with E-state index >= 15 is 0 Å². The lowest BCUT2D eigenvalue weighted by Gasteiger charge is -2.18. The van der Waals surface area contributed by atoms with Crippen LogP contribution < -0.4 is 11.3 Å². The van der Waals surface area contributed by atoms with E-state index in [2.05, 4.69) is 133 Å². The summed E-state index contributed by atoms with van der Waals surface area (Å²) in [6.07, 6.45) is 8.48. The molecule has 5 heterocycles. The number of hydrogen-bond donors (Lipinski definition) is 0. The molecule has 0 unspecified atom stereocenters. The lowest BCUT2D eigenvalue weighted by molar-refractivity contribution is 0.569. The molecule has 0 fully saturated rings. The Hall–Kier alpha value is -9.85. The summed E-state index contributed by atoms with van der Waals surface area (Å²) >= 11 is 0. The number of fused-ring (bicyclic) bond motifs is 6. The molecule has 0 bridgehead atoms.